The monoisotopic (exact) mass is 373 g/mol. The Bertz CT molecular complexity index is 810. The molecule has 8 heteroatoms. The average molecular weight is 373 g/mol. The lowest BCUT2D eigenvalue weighted by Crippen LogP contribution is -2.36. The summed E-state index contributed by atoms with van der Waals surface area (Å²) in [5.74, 6) is -4.62. The largest absolute Gasteiger partial charge is 0.481 e. The van der Waals surface area contributed by atoms with Gasteiger partial charge in [-0.15, -0.1) is 0 Å². The summed E-state index contributed by atoms with van der Waals surface area (Å²) in [4.78, 5) is 48.1. The van der Waals surface area contributed by atoms with Crippen LogP contribution in [0.3, 0.4) is 0 Å². The van der Waals surface area contributed by atoms with Crippen molar-refractivity contribution in [1.29, 1.82) is 0 Å². The van der Waals surface area contributed by atoms with Crippen molar-refractivity contribution in [3.8, 4) is 0 Å². The maximum atomic E-state index is 12.8. The van der Waals surface area contributed by atoms with Crippen LogP contribution in [0.2, 0.25) is 0 Å². The Morgan fingerprint density at radius 2 is 1.44 bits per heavy atom. The molecule has 27 heavy (non-hydrogen) atoms. The molecule has 8 nitrogen and oxygen atoms in total. The van der Waals surface area contributed by atoms with Crippen LogP contribution in [0.1, 0.15) is 27.1 Å². The van der Waals surface area contributed by atoms with Gasteiger partial charge >= 0.3 is 17.9 Å². The van der Waals surface area contributed by atoms with Crippen LogP contribution < -0.4 is 5.32 Å². The van der Waals surface area contributed by atoms with E-state index in [0.717, 1.165) is 0 Å². The molecule has 0 heterocycles. The first kappa shape index (κ1) is 18.6. The molecule has 2 aliphatic carbocycles. The number of hydrogen-bond acceptors (Lipinski definition) is 6. The van der Waals surface area contributed by atoms with Crippen LogP contribution >= 0.6 is 0 Å². The van der Waals surface area contributed by atoms with E-state index in [1.165, 1.54) is 32.4 Å². The summed E-state index contributed by atoms with van der Waals surface area (Å²) < 4.78 is 9.33. The Morgan fingerprint density at radius 3 is 1.93 bits per heavy atom. The number of carbonyl (C=O) groups is 4. The van der Waals surface area contributed by atoms with E-state index >= 15 is 0 Å². The first-order chi connectivity index (χ1) is 12.8. The van der Waals surface area contributed by atoms with Crippen molar-refractivity contribution in [2.24, 2.45) is 23.7 Å². The van der Waals surface area contributed by atoms with Gasteiger partial charge in [-0.25, -0.2) is 9.59 Å². The molecule has 1 aromatic carbocycles. The van der Waals surface area contributed by atoms with E-state index < -0.39 is 35.7 Å². The molecule has 2 bridgehead atoms. The molecule has 1 saturated carbocycles. The summed E-state index contributed by atoms with van der Waals surface area (Å²) in [6.45, 7) is 0. The summed E-state index contributed by atoms with van der Waals surface area (Å²) >= 11 is 0. The number of fused-ring (bicyclic) bond motifs is 2. The smallest absolute Gasteiger partial charge is 0.337 e. The summed E-state index contributed by atoms with van der Waals surface area (Å²) in [5.41, 5.74) is 0.329. The fourth-order valence-corrected chi connectivity index (χ4v) is 3.91. The van der Waals surface area contributed by atoms with Crippen molar-refractivity contribution in [2.75, 3.05) is 19.5 Å². The van der Waals surface area contributed by atoms with Crippen LogP contribution in [0.25, 0.3) is 0 Å². The Balaban J connectivity index is 1.89. The fraction of sp³-hybridized carbons (Fsp3) is 0.368. The summed E-state index contributed by atoms with van der Waals surface area (Å²) in [6, 6.07) is 4.04. The van der Waals surface area contributed by atoms with Gasteiger partial charge in [0.25, 0.3) is 0 Å². The van der Waals surface area contributed by atoms with Crippen LogP contribution in [0.15, 0.2) is 30.4 Å². The predicted molar refractivity (Wildman–Crippen MR) is 93.1 cm³/mol. The maximum absolute atomic E-state index is 12.8. The van der Waals surface area contributed by atoms with Crippen LogP contribution in [-0.4, -0.2) is 43.1 Å². The second-order valence-corrected chi connectivity index (χ2v) is 6.61. The van der Waals surface area contributed by atoms with E-state index in [1.54, 1.807) is 0 Å². The van der Waals surface area contributed by atoms with Crippen LogP contribution in [0.5, 0.6) is 0 Å². The highest BCUT2D eigenvalue weighted by atomic mass is 16.5. The number of benzene rings is 1. The lowest BCUT2D eigenvalue weighted by molar-refractivity contribution is -0.146. The number of anilines is 1. The number of carbonyl (C=O) groups excluding carboxylic acids is 3. The first-order valence-corrected chi connectivity index (χ1v) is 8.39. The normalized spacial score (nSPS) is 25.1. The Labute approximate surface area is 155 Å². The van der Waals surface area contributed by atoms with Gasteiger partial charge in [0.15, 0.2) is 0 Å². The number of rotatable bonds is 5. The van der Waals surface area contributed by atoms with Crippen molar-refractivity contribution in [2.45, 2.75) is 6.42 Å². The zero-order valence-corrected chi connectivity index (χ0v) is 14.8. The van der Waals surface area contributed by atoms with E-state index in [4.69, 9.17) is 0 Å². The topological polar surface area (TPSA) is 119 Å². The lowest BCUT2D eigenvalue weighted by Gasteiger charge is -2.24. The van der Waals surface area contributed by atoms with Crippen LogP contribution in [-0.2, 0) is 19.1 Å². The van der Waals surface area contributed by atoms with Gasteiger partial charge in [0.2, 0.25) is 5.91 Å². The number of esters is 2. The second-order valence-electron chi connectivity index (χ2n) is 6.61. The predicted octanol–water partition coefficient (Wildman–Crippen LogP) is 1.72. The minimum absolute atomic E-state index is 0.0679. The summed E-state index contributed by atoms with van der Waals surface area (Å²) in [7, 11) is 2.40. The van der Waals surface area contributed by atoms with Gasteiger partial charge in [-0.2, -0.15) is 0 Å². The molecule has 0 aliphatic heterocycles. The number of methoxy groups -OCH3 is 2. The molecular weight excluding hydrogens is 354 g/mol. The molecule has 0 unspecified atom stereocenters. The first-order valence-electron chi connectivity index (χ1n) is 8.39. The lowest BCUT2D eigenvalue weighted by atomic mass is 9.82. The van der Waals surface area contributed by atoms with E-state index in [2.05, 4.69) is 14.8 Å². The number of hydrogen-bond donors (Lipinski definition) is 2. The Hall–Kier alpha value is -3.16. The van der Waals surface area contributed by atoms with E-state index in [1.807, 2.05) is 12.2 Å². The highest BCUT2D eigenvalue weighted by Gasteiger charge is 2.51. The van der Waals surface area contributed by atoms with Crippen molar-refractivity contribution in [3.05, 3.63) is 41.5 Å². The van der Waals surface area contributed by atoms with Gasteiger partial charge in [0.05, 0.1) is 37.2 Å². The number of carboxylic acids is 1. The van der Waals surface area contributed by atoms with E-state index in [-0.39, 0.29) is 28.7 Å². The standard InChI is InChI=1S/C19H19NO7/c1-26-18(24)11-6-12(19(25)27-2)8-13(7-11)20-16(21)14-9-3-4-10(5-9)15(14)17(22)23/h3-4,6-10,14-15H,5H2,1-2H3,(H,20,21)(H,22,23)/t9-,10-,14-,15-/m0/s1. The average Bonchev–Trinajstić information content (AvgIpc) is 3.27. The van der Waals surface area contributed by atoms with Gasteiger partial charge in [-0.3, -0.25) is 9.59 Å². The van der Waals surface area contributed by atoms with Crippen molar-refractivity contribution >= 4 is 29.5 Å². The van der Waals surface area contributed by atoms with Gasteiger partial charge in [0.1, 0.15) is 0 Å². The number of amides is 1. The Morgan fingerprint density at radius 1 is 0.926 bits per heavy atom. The SMILES string of the molecule is COC(=O)c1cc(NC(=O)[C@@H]2[C@@H](C(=O)O)[C@H]3C=C[C@H]2C3)cc(C(=O)OC)c1. The number of ether oxygens (including phenoxy) is 2. The fourth-order valence-electron chi connectivity index (χ4n) is 3.91. The quantitative estimate of drug-likeness (QED) is 0.596. The molecule has 142 valence electrons. The highest BCUT2D eigenvalue weighted by molar-refractivity contribution is 6.01. The molecule has 0 saturated heterocycles. The van der Waals surface area contributed by atoms with Crippen molar-refractivity contribution in [3.63, 3.8) is 0 Å². The van der Waals surface area contributed by atoms with E-state index in [9.17, 15) is 24.3 Å². The third kappa shape index (κ3) is 3.42. The van der Waals surface area contributed by atoms with E-state index in [0.29, 0.717) is 6.42 Å². The molecule has 1 fully saturated rings. The molecule has 4 atom stereocenters. The van der Waals surface area contributed by atoms with Crippen LogP contribution in [0.4, 0.5) is 5.69 Å². The molecular formula is C19H19NO7. The molecule has 2 aliphatic rings. The zero-order valence-electron chi connectivity index (χ0n) is 14.8. The van der Waals surface area contributed by atoms with Gasteiger partial charge in [-0.1, -0.05) is 12.2 Å². The minimum atomic E-state index is -1.01. The van der Waals surface area contributed by atoms with Gasteiger partial charge < -0.3 is 19.9 Å². The third-order valence-electron chi connectivity index (χ3n) is 5.09. The molecule has 0 radical (unpaired) electrons. The number of nitrogens with one attached hydrogen (secondary N) is 1. The van der Waals surface area contributed by atoms with Crippen molar-refractivity contribution in [1.82, 2.24) is 0 Å². The molecule has 0 aromatic heterocycles. The molecule has 1 aromatic rings. The molecule has 2 N–H and O–H groups in total. The minimum Gasteiger partial charge on any atom is -0.481 e. The third-order valence-corrected chi connectivity index (χ3v) is 5.09. The van der Waals surface area contributed by atoms with Crippen molar-refractivity contribution < 1.29 is 33.8 Å². The molecule has 1 amide bonds. The summed E-state index contributed by atoms with van der Waals surface area (Å²) in [5, 5.41) is 12.1. The molecule has 3 rings (SSSR count). The zero-order chi connectivity index (χ0) is 19.7. The van der Waals surface area contributed by atoms with Gasteiger partial charge in [0, 0.05) is 5.69 Å². The Kier molecular flexibility index (Phi) is 4.98. The van der Waals surface area contributed by atoms with Crippen LogP contribution in [0, 0.1) is 23.7 Å². The number of allylic oxidation sites excluding steroid dienone is 2. The van der Waals surface area contributed by atoms with Gasteiger partial charge in [-0.05, 0) is 36.5 Å². The highest BCUT2D eigenvalue weighted by Crippen LogP contribution is 2.48. The molecule has 0 spiro atoms. The number of aliphatic carboxylic acids is 1. The maximum Gasteiger partial charge on any atom is 0.337 e. The number of carboxylic acid groups (broad SMARTS) is 1. The summed E-state index contributed by atoms with van der Waals surface area (Å²) in [6.07, 6.45) is 4.35. The second kappa shape index (κ2) is 7.22.